The molecule has 1 aliphatic heterocycles. The van der Waals surface area contributed by atoms with E-state index in [4.69, 9.17) is 14.2 Å². The zero-order chi connectivity index (χ0) is 21.3. The van der Waals surface area contributed by atoms with Gasteiger partial charge in [0.1, 0.15) is 23.6 Å². The summed E-state index contributed by atoms with van der Waals surface area (Å²) in [4.78, 5) is 31.5. The van der Waals surface area contributed by atoms with E-state index in [2.05, 4.69) is 10.3 Å². The first-order valence-electron chi connectivity index (χ1n) is 9.86. The highest BCUT2D eigenvalue weighted by Crippen LogP contribution is 2.24. The van der Waals surface area contributed by atoms with Crippen molar-refractivity contribution in [3.05, 3.63) is 54.4 Å². The molecular weight excluding hydrogens is 386 g/mol. The Balaban J connectivity index is 1.71. The van der Waals surface area contributed by atoms with E-state index < -0.39 is 6.04 Å². The summed E-state index contributed by atoms with van der Waals surface area (Å²) < 4.78 is 16.2. The number of methoxy groups -OCH3 is 2. The molecule has 1 N–H and O–H groups in total. The first kappa shape index (κ1) is 21.6. The molecule has 1 fully saturated rings. The van der Waals surface area contributed by atoms with Crippen LogP contribution in [0.4, 0.5) is 0 Å². The summed E-state index contributed by atoms with van der Waals surface area (Å²) in [6.07, 6.45) is 3.59. The number of carbonyl (C=O) groups excluding carboxylic acids is 2. The number of rotatable bonds is 9. The second-order valence-electron chi connectivity index (χ2n) is 7.04. The fourth-order valence-corrected chi connectivity index (χ4v) is 3.47. The third-order valence-electron chi connectivity index (χ3n) is 4.92. The number of amides is 2. The Hall–Kier alpha value is -3.13. The van der Waals surface area contributed by atoms with E-state index in [-0.39, 0.29) is 24.3 Å². The van der Waals surface area contributed by atoms with Crippen LogP contribution in [0, 0.1) is 0 Å². The van der Waals surface area contributed by atoms with Gasteiger partial charge in [-0.1, -0.05) is 12.1 Å². The molecule has 0 bridgehead atoms. The Morgan fingerprint density at radius 2 is 2.03 bits per heavy atom. The average Bonchev–Trinajstić information content (AvgIpc) is 3.19. The summed E-state index contributed by atoms with van der Waals surface area (Å²) in [6.45, 7) is 1.13. The fraction of sp³-hybridized carbons (Fsp3) is 0.409. The number of carbonyl (C=O) groups is 2. The van der Waals surface area contributed by atoms with Crippen LogP contribution in [0.3, 0.4) is 0 Å². The maximum Gasteiger partial charge on any atom is 0.243 e. The van der Waals surface area contributed by atoms with E-state index in [1.165, 1.54) is 0 Å². The number of aromatic nitrogens is 1. The van der Waals surface area contributed by atoms with Gasteiger partial charge in [-0.3, -0.25) is 14.6 Å². The van der Waals surface area contributed by atoms with Gasteiger partial charge in [-0.15, -0.1) is 0 Å². The van der Waals surface area contributed by atoms with Crippen LogP contribution < -0.4 is 14.8 Å². The molecule has 1 saturated heterocycles. The maximum absolute atomic E-state index is 13.1. The molecule has 30 heavy (non-hydrogen) atoms. The SMILES string of the molecule is COCCNC(=O)[C@@H]1C[C@H](Oc2cccnc2)CN1C(=O)Cc1cccc(OC)c1. The van der Waals surface area contributed by atoms with Crippen LogP contribution in [0.25, 0.3) is 0 Å². The number of likely N-dealkylation sites (tertiary alicyclic amines) is 1. The number of benzene rings is 1. The second kappa shape index (κ2) is 10.6. The van der Waals surface area contributed by atoms with Gasteiger partial charge in [-0.05, 0) is 29.8 Å². The van der Waals surface area contributed by atoms with E-state index in [1.807, 2.05) is 24.3 Å². The predicted molar refractivity (Wildman–Crippen MR) is 110 cm³/mol. The lowest BCUT2D eigenvalue weighted by molar-refractivity contribution is -0.138. The molecule has 2 amide bonds. The van der Waals surface area contributed by atoms with E-state index in [9.17, 15) is 9.59 Å². The quantitative estimate of drug-likeness (QED) is 0.626. The molecule has 1 aromatic carbocycles. The summed E-state index contributed by atoms with van der Waals surface area (Å²) in [7, 11) is 3.16. The summed E-state index contributed by atoms with van der Waals surface area (Å²) in [6, 6.07) is 10.4. The highest BCUT2D eigenvalue weighted by molar-refractivity contribution is 5.89. The Morgan fingerprint density at radius 1 is 1.20 bits per heavy atom. The number of ether oxygens (including phenoxy) is 3. The molecule has 1 aliphatic rings. The zero-order valence-electron chi connectivity index (χ0n) is 17.2. The van der Waals surface area contributed by atoms with Gasteiger partial charge >= 0.3 is 0 Å². The van der Waals surface area contributed by atoms with Crippen molar-refractivity contribution in [3.63, 3.8) is 0 Å². The minimum absolute atomic E-state index is 0.132. The molecule has 8 heteroatoms. The number of pyridine rings is 1. The third-order valence-corrected chi connectivity index (χ3v) is 4.92. The number of hydrogen-bond donors (Lipinski definition) is 1. The lowest BCUT2D eigenvalue weighted by Crippen LogP contribution is -2.47. The maximum atomic E-state index is 13.1. The zero-order valence-corrected chi connectivity index (χ0v) is 17.2. The van der Waals surface area contributed by atoms with Crippen LogP contribution in [-0.2, 0) is 20.7 Å². The Morgan fingerprint density at radius 3 is 2.77 bits per heavy atom. The highest BCUT2D eigenvalue weighted by atomic mass is 16.5. The van der Waals surface area contributed by atoms with E-state index in [0.29, 0.717) is 37.6 Å². The molecule has 2 atom stereocenters. The van der Waals surface area contributed by atoms with Crippen molar-refractivity contribution in [2.24, 2.45) is 0 Å². The molecule has 1 aromatic heterocycles. The van der Waals surface area contributed by atoms with Crippen molar-refractivity contribution in [2.45, 2.75) is 25.0 Å². The van der Waals surface area contributed by atoms with Crippen molar-refractivity contribution < 1.29 is 23.8 Å². The van der Waals surface area contributed by atoms with Crippen LogP contribution in [0.2, 0.25) is 0 Å². The van der Waals surface area contributed by atoms with Crippen molar-refractivity contribution in [1.82, 2.24) is 15.2 Å². The van der Waals surface area contributed by atoms with Crippen molar-refractivity contribution in [2.75, 3.05) is 33.9 Å². The largest absolute Gasteiger partial charge is 0.497 e. The van der Waals surface area contributed by atoms with Gasteiger partial charge in [0, 0.05) is 26.3 Å². The van der Waals surface area contributed by atoms with Crippen LogP contribution in [0.15, 0.2) is 48.8 Å². The molecule has 160 valence electrons. The smallest absolute Gasteiger partial charge is 0.243 e. The summed E-state index contributed by atoms with van der Waals surface area (Å²) >= 11 is 0. The van der Waals surface area contributed by atoms with Crippen LogP contribution >= 0.6 is 0 Å². The Kier molecular flexibility index (Phi) is 7.62. The molecule has 2 heterocycles. The third kappa shape index (κ3) is 5.70. The summed E-state index contributed by atoms with van der Waals surface area (Å²) in [5, 5.41) is 2.83. The Bertz CT molecular complexity index is 846. The number of nitrogens with zero attached hydrogens (tertiary/aromatic N) is 2. The van der Waals surface area contributed by atoms with Crippen molar-refractivity contribution in [1.29, 1.82) is 0 Å². The number of hydrogen-bond acceptors (Lipinski definition) is 6. The second-order valence-corrected chi connectivity index (χ2v) is 7.04. The Labute approximate surface area is 176 Å². The van der Waals surface area contributed by atoms with Gasteiger partial charge in [0.25, 0.3) is 0 Å². The normalized spacial score (nSPS) is 18.1. The van der Waals surface area contributed by atoms with E-state index in [1.54, 1.807) is 43.6 Å². The lowest BCUT2D eigenvalue weighted by atomic mass is 10.1. The summed E-state index contributed by atoms with van der Waals surface area (Å²) in [5.41, 5.74) is 0.828. The molecule has 8 nitrogen and oxygen atoms in total. The minimum Gasteiger partial charge on any atom is -0.497 e. The molecule has 0 aliphatic carbocycles. The number of nitrogens with one attached hydrogen (secondary N) is 1. The fourth-order valence-electron chi connectivity index (χ4n) is 3.47. The van der Waals surface area contributed by atoms with E-state index >= 15 is 0 Å². The van der Waals surface area contributed by atoms with Crippen LogP contribution in [0.1, 0.15) is 12.0 Å². The molecule has 0 saturated carbocycles. The molecule has 2 aromatic rings. The van der Waals surface area contributed by atoms with Gasteiger partial charge < -0.3 is 24.4 Å². The van der Waals surface area contributed by atoms with Gasteiger partial charge in [0.05, 0.1) is 32.9 Å². The predicted octanol–water partition coefficient (Wildman–Crippen LogP) is 1.44. The van der Waals surface area contributed by atoms with Gasteiger partial charge in [0.2, 0.25) is 11.8 Å². The molecule has 0 radical (unpaired) electrons. The van der Waals surface area contributed by atoms with Gasteiger partial charge in [-0.25, -0.2) is 0 Å². The lowest BCUT2D eigenvalue weighted by Gasteiger charge is -2.23. The van der Waals surface area contributed by atoms with Crippen molar-refractivity contribution in [3.8, 4) is 11.5 Å². The monoisotopic (exact) mass is 413 g/mol. The molecule has 3 rings (SSSR count). The van der Waals surface area contributed by atoms with Crippen LogP contribution in [-0.4, -0.2) is 67.8 Å². The minimum atomic E-state index is -0.596. The first-order valence-corrected chi connectivity index (χ1v) is 9.86. The van der Waals surface area contributed by atoms with Gasteiger partial charge in [0.15, 0.2) is 0 Å². The first-order chi connectivity index (χ1) is 14.6. The molecule has 0 spiro atoms. The van der Waals surface area contributed by atoms with Crippen molar-refractivity contribution >= 4 is 11.8 Å². The average molecular weight is 413 g/mol. The standard InChI is InChI=1S/C22H27N3O5/c1-28-10-9-24-22(27)20-13-19(30-18-7-4-8-23-14-18)15-25(20)21(26)12-16-5-3-6-17(11-16)29-2/h3-8,11,14,19-20H,9-10,12-13,15H2,1-2H3,(H,24,27)/t19-,20-/m0/s1. The van der Waals surface area contributed by atoms with Gasteiger partial charge in [-0.2, -0.15) is 0 Å². The molecular formula is C22H27N3O5. The van der Waals surface area contributed by atoms with Crippen LogP contribution in [0.5, 0.6) is 11.5 Å². The summed E-state index contributed by atoms with van der Waals surface area (Å²) in [5.74, 6) is 0.965. The topological polar surface area (TPSA) is 90.0 Å². The highest BCUT2D eigenvalue weighted by Gasteiger charge is 2.40. The molecule has 0 unspecified atom stereocenters. The van der Waals surface area contributed by atoms with E-state index in [0.717, 1.165) is 5.56 Å².